The van der Waals surface area contributed by atoms with E-state index in [-0.39, 0.29) is 23.1 Å². The van der Waals surface area contributed by atoms with Crippen molar-refractivity contribution in [1.82, 2.24) is 9.62 Å². The number of carbonyl (C=O) groups is 1. The highest BCUT2D eigenvalue weighted by atomic mass is 32.2. The van der Waals surface area contributed by atoms with E-state index in [2.05, 4.69) is 11.9 Å². The molecule has 6 nitrogen and oxygen atoms in total. The molecular weight excluding hydrogens is 316 g/mol. The second-order valence-electron chi connectivity index (χ2n) is 5.42. The molecule has 0 radical (unpaired) electrons. The second-order valence-corrected chi connectivity index (χ2v) is 7.43. The summed E-state index contributed by atoms with van der Waals surface area (Å²) in [7, 11) is -1.05. The number of carbonyl (C=O) groups excluding carboxylic acids is 1. The molecule has 23 heavy (non-hydrogen) atoms. The van der Waals surface area contributed by atoms with E-state index in [0.717, 1.165) is 9.87 Å². The summed E-state index contributed by atoms with van der Waals surface area (Å²) in [6.07, 6.45) is 1.53. The number of nitrogens with one attached hydrogen (secondary N) is 1. The lowest BCUT2D eigenvalue weighted by molar-refractivity contribution is -0.120. The van der Waals surface area contributed by atoms with E-state index in [1.165, 1.54) is 20.2 Å². The van der Waals surface area contributed by atoms with E-state index in [0.29, 0.717) is 6.54 Å². The Morgan fingerprint density at radius 2 is 2.09 bits per heavy atom. The minimum Gasteiger partial charge on any atom is -0.495 e. The number of nitrogens with zero attached hydrogens (tertiary/aromatic N) is 1. The molecule has 1 aromatic carbocycles. The Bertz CT molecular complexity index is 669. The van der Waals surface area contributed by atoms with Crippen LogP contribution in [-0.4, -0.2) is 45.9 Å². The van der Waals surface area contributed by atoms with Gasteiger partial charge in [-0.05, 0) is 23.6 Å². The molecule has 0 fully saturated rings. The molecule has 0 heterocycles. The summed E-state index contributed by atoms with van der Waals surface area (Å²) in [5.74, 6) is 0.0405. The number of benzene rings is 1. The Balaban J connectivity index is 3.13. The van der Waals surface area contributed by atoms with Crippen molar-refractivity contribution in [3.05, 3.63) is 36.4 Å². The van der Waals surface area contributed by atoms with Crippen LogP contribution in [0.3, 0.4) is 0 Å². The van der Waals surface area contributed by atoms with Crippen molar-refractivity contribution in [2.75, 3.05) is 27.2 Å². The average molecular weight is 340 g/mol. The Hall–Kier alpha value is -1.86. The Labute approximate surface area is 138 Å². The zero-order chi connectivity index (χ0) is 17.6. The van der Waals surface area contributed by atoms with E-state index in [1.807, 2.05) is 19.9 Å². The highest BCUT2D eigenvalue weighted by Crippen LogP contribution is 2.29. The number of hydrogen-bond donors (Lipinski definition) is 1. The minimum atomic E-state index is -3.84. The second kappa shape index (κ2) is 8.12. The van der Waals surface area contributed by atoms with Gasteiger partial charge in [-0.1, -0.05) is 26.0 Å². The average Bonchev–Trinajstić information content (AvgIpc) is 2.51. The van der Waals surface area contributed by atoms with Crippen molar-refractivity contribution < 1.29 is 17.9 Å². The number of sulfonamides is 1. The molecule has 0 aliphatic heterocycles. The van der Waals surface area contributed by atoms with E-state index in [1.54, 1.807) is 12.1 Å². The molecule has 0 atom stereocenters. The van der Waals surface area contributed by atoms with Crippen LogP contribution < -0.4 is 10.1 Å². The molecule has 128 valence electrons. The molecule has 1 N–H and O–H groups in total. The molecule has 7 heteroatoms. The Morgan fingerprint density at radius 1 is 1.43 bits per heavy atom. The maximum atomic E-state index is 12.7. The molecule has 0 aliphatic carbocycles. The summed E-state index contributed by atoms with van der Waals surface area (Å²) >= 11 is 0. The number of amides is 1. The molecule has 0 aromatic heterocycles. The summed E-state index contributed by atoms with van der Waals surface area (Å²) in [4.78, 5) is 11.8. The minimum absolute atomic E-state index is 0.0604. The van der Waals surface area contributed by atoms with Gasteiger partial charge in [0.2, 0.25) is 15.9 Å². The van der Waals surface area contributed by atoms with Gasteiger partial charge in [-0.25, -0.2) is 8.42 Å². The summed E-state index contributed by atoms with van der Waals surface area (Å²) < 4.78 is 31.7. The van der Waals surface area contributed by atoms with E-state index < -0.39 is 15.9 Å². The van der Waals surface area contributed by atoms with Gasteiger partial charge in [0, 0.05) is 13.6 Å². The molecule has 0 saturated carbocycles. The fourth-order valence-electron chi connectivity index (χ4n) is 1.95. The molecule has 0 aliphatic rings. The third kappa shape index (κ3) is 4.80. The van der Waals surface area contributed by atoms with E-state index >= 15 is 0 Å². The van der Waals surface area contributed by atoms with Crippen molar-refractivity contribution in [2.24, 2.45) is 0 Å². The monoisotopic (exact) mass is 340 g/mol. The lowest BCUT2D eigenvalue weighted by Crippen LogP contribution is -2.38. The molecule has 0 spiro atoms. The third-order valence-electron chi connectivity index (χ3n) is 3.35. The summed E-state index contributed by atoms with van der Waals surface area (Å²) in [6.45, 7) is 7.47. The van der Waals surface area contributed by atoms with Gasteiger partial charge in [-0.15, -0.1) is 6.58 Å². The summed E-state index contributed by atoms with van der Waals surface area (Å²) in [5, 5.41) is 2.55. The Morgan fingerprint density at radius 3 is 2.61 bits per heavy atom. The van der Waals surface area contributed by atoms with Crippen molar-refractivity contribution in [2.45, 2.75) is 24.7 Å². The number of hydrogen-bond acceptors (Lipinski definition) is 4. The standard InChI is InChI=1S/C16H24N2O4S/c1-6-9-17-16(19)11-18(4)23(20,21)15-10-13(12(2)3)7-8-14(15)22-5/h6-8,10,12H,1,9,11H2,2-5H3,(H,17,19). The maximum absolute atomic E-state index is 12.7. The number of ether oxygens (including phenoxy) is 1. The first-order valence-corrected chi connectivity index (χ1v) is 8.70. The quantitative estimate of drug-likeness (QED) is 0.732. The molecule has 0 unspecified atom stereocenters. The normalized spacial score (nSPS) is 11.6. The molecule has 1 amide bonds. The predicted octanol–water partition coefficient (Wildman–Crippen LogP) is 1.74. The molecule has 0 saturated heterocycles. The topological polar surface area (TPSA) is 75.7 Å². The van der Waals surface area contributed by atoms with Crippen LogP contribution >= 0.6 is 0 Å². The van der Waals surface area contributed by atoms with Crippen molar-refractivity contribution in [1.29, 1.82) is 0 Å². The number of likely N-dealkylation sites (N-methyl/N-ethyl adjacent to an activating group) is 1. The largest absolute Gasteiger partial charge is 0.495 e. The van der Waals surface area contributed by atoms with Crippen molar-refractivity contribution in [3.63, 3.8) is 0 Å². The van der Waals surface area contributed by atoms with Gasteiger partial charge in [0.15, 0.2) is 0 Å². The third-order valence-corrected chi connectivity index (χ3v) is 5.18. The van der Waals surface area contributed by atoms with Crippen LogP contribution in [0.4, 0.5) is 0 Å². The first-order chi connectivity index (χ1) is 10.7. The number of rotatable bonds is 8. The summed E-state index contributed by atoms with van der Waals surface area (Å²) in [6, 6.07) is 5.06. The van der Waals surface area contributed by atoms with Crippen LogP contribution in [-0.2, 0) is 14.8 Å². The highest BCUT2D eigenvalue weighted by molar-refractivity contribution is 7.89. The predicted molar refractivity (Wildman–Crippen MR) is 90.1 cm³/mol. The van der Waals surface area contributed by atoms with E-state index in [9.17, 15) is 13.2 Å². The van der Waals surface area contributed by atoms with E-state index in [4.69, 9.17) is 4.74 Å². The summed E-state index contributed by atoms with van der Waals surface area (Å²) in [5.41, 5.74) is 0.883. The maximum Gasteiger partial charge on any atom is 0.246 e. The molecular formula is C16H24N2O4S. The fourth-order valence-corrected chi connectivity index (χ4v) is 3.26. The fraction of sp³-hybridized carbons (Fsp3) is 0.438. The van der Waals surface area contributed by atoms with Crippen LogP contribution in [0.5, 0.6) is 5.75 Å². The SMILES string of the molecule is C=CCNC(=O)CN(C)S(=O)(=O)c1cc(C(C)C)ccc1OC. The smallest absolute Gasteiger partial charge is 0.246 e. The van der Waals surface area contributed by atoms with Crippen LogP contribution in [0, 0.1) is 0 Å². The van der Waals surface area contributed by atoms with Crippen molar-refractivity contribution in [3.8, 4) is 5.75 Å². The lowest BCUT2D eigenvalue weighted by atomic mass is 10.0. The van der Waals surface area contributed by atoms with Gasteiger partial charge in [0.25, 0.3) is 0 Å². The molecule has 1 aromatic rings. The lowest BCUT2D eigenvalue weighted by Gasteiger charge is -2.19. The van der Waals surface area contributed by atoms with Crippen LogP contribution in [0.2, 0.25) is 0 Å². The number of methoxy groups -OCH3 is 1. The first kappa shape index (κ1) is 19.2. The Kier molecular flexibility index (Phi) is 6.78. The zero-order valence-corrected chi connectivity index (χ0v) is 14.8. The van der Waals surface area contributed by atoms with Gasteiger partial charge >= 0.3 is 0 Å². The van der Waals surface area contributed by atoms with Crippen LogP contribution in [0.1, 0.15) is 25.3 Å². The van der Waals surface area contributed by atoms with Crippen LogP contribution in [0.25, 0.3) is 0 Å². The van der Waals surface area contributed by atoms with Gasteiger partial charge < -0.3 is 10.1 Å². The van der Waals surface area contributed by atoms with Crippen LogP contribution in [0.15, 0.2) is 35.7 Å². The van der Waals surface area contributed by atoms with Crippen molar-refractivity contribution >= 4 is 15.9 Å². The van der Waals surface area contributed by atoms with Gasteiger partial charge in [-0.2, -0.15) is 4.31 Å². The highest BCUT2D eigenvalue weighted by Gasteiger charge is 2.27. The first-order valence-electron chi connectivity index (χ1n) is 7.25. The molecule has 0 bridgehead atoms. The van der Waals surface area contributed by atoms with Gasteiger partial charge in [-0.3, -0.25) is 4.79 Å². The van der Waals surface area contributed by atoms with Gasteiger partial charge in [0.1, 0.15) is 10.6 Å². The zero-order valence-electron chi connectivity index (χ0n) is 14.0. The molecule has 1 rings (SSSR count). The van der Waals surface area contributed by atoms with Gasteiger partial charge in [0.05, 0.1) is 13.7 Å².